The van der Waals surface area contributed by atoms with Crippen LogP contribution in [0.3, 0.4) is 0 Å². The number of nitrogens with one attached hydrogen (secondary N) is 1. The van der Waals surface area contributed by atoms with Gasteiger partial charge in [0, 0.05) is 5.02 Å². The lowest BCUT2D eigenvalue weighted by Gasteiger charge is -2.12. The van der Waals surface area contributed by atoms with Gasteiger partial charge >= 0.3 is 0 Å². The molecule has 1 saturated heterocycles. The first kappa shape index (κ1) is 20.1. The summed E-state index contributed by atoms with van der Waals surface area (Å²) in [6, 6.07) is 11.0. The molecular weight excluding hydrogens is 434 g/mol. The summed E-state index contributed by atoms with van der Waals surface area (Å²) in [6.45, 7) is 0. The van der Waals surface area contributed by atoms with Crippen LogP contribution in [-0.4, -0.2) is 42.0 Å². The van der Waals surface area contributed by atoms with Gasteiger partial charge in [0.15, 0.2) is 19.7 Å². The molecule has 1 heterocycles. The van der Waals surface area contributed by atoms with Crippen molar-refractivity contribution in [3.05, 3.63) is 53.6 Å². The van der Waals surface area contributed by atoms with Gasteiger partial charge in [-0.25, -0.2) is 25.3 Å². The minimum Gasteiger partial charge on any atom is -0.280 e. The highest BCUT2D eigenvalue weighted by Gasteiger charge is 2.38. The summed E-state index contributed by atoms with van der Waals surface area (Å²) in [6.07, 6.45) is 0.00239. The molecule has 0 amide bonds. The second-order valence-corrected chi connectivity index (χ2v) is 12.7. The lowest BCUT2D eigenvalue weighted by Crippen LogP contribution is -2.23. The number of anilines is 1. The first-order valence-electron chi connectivity index (χ1n) is 7.82. The van der Waals surface area contributed by atoms with Crippen molar-refractivity contribution in [3.63, 3.8) is 0 Å². The maximum absolute atomic E-state index is 12.7. The van der Waals surface area contributed by atoms with Crippen molar-refractivity contribution in [2.24, 2.45) is 0 Å². The van der Waals surface area contributed by atoms with Crippen LogP contribution >= 0.6 is 11.6 Å². The average Bonchev–Trinajstić information content (AvgIpc) is 2.95. The summed E-state index contributed by atoms with van der Waals surface area (Å²) in [4.78, 5) is -0.469. The molecule has 1 aliphatic rings. The standard InChI is InChI=1S/C16H16ClNO6S3/c17-12-3-1-4-13(9-12)18-27(23,24)15-6-2-5-14(10-15)26(21,22)16-7-8-25(19,20)11-16/h1-6,9-10,16,18H,7-8,11H2. The highest BCUT2D eigenvalue weighted by atomic mass is 35.5. The molecule has 0 spiro atoms. The van der Waals surface area contributed by atoms with E-state index >= 15 is 0 Å². The molecule has 1 unspecified atom stereocenters. The molecule has 0 radical (unpaired) electrons. The Hall–Kier alpha value is -1.62. The van der Waals surface area contributed by atoms with E-state index in [1.54, 1.807) is 12.1 Å². The Balaban J connectivity index is 1.93. The van der Waals surface area contributed by atoms with Crippen molar-refractivity contribution in [2.45, 2.75) is 21.5 Å². The van der Waals surface area contributed by atoms with Crippen LogP contribution in [0.2, 0.25) is 5.02 Å². The van der Waals surface area contributed by atoms with E-state index in [1.165, 1.54) is 30.3 Å². The number of benzene rings is 2. The van der Waals surface area contributed by atoms with Crippen molar-refractivity contribution < 1.29 is 25.3 Å². The fourth-order valence-corrected chi connectivity index (χ4v) is 8.55. The van der Waals surface area contributed by atoms with E-state index in [9.17, 15) is 25.3 Å². The zero-order chi connectivity index (χ0) is 19.9. The van der Waals surface area contributed by atoms with Crippen LogP contribution in [0.4, 0.5) is 5.69 Å². The van der Waals surface area contributed by atoms with Crippen molar-refractivity contribution in [1.82, 2.24) is 0 Å². The van der Waals surface area contributed by atoms with E-state index in [1.807, 2.05) is 0 Å². The molecule has 27 heavy (non-hydrogen) atoms. The summed E-state index contributed by atoms with van der Waals surface area (Å²) in [5.74, 6) is -0.641. The average molecular weight is 450 g/mol. The summed E-state index contributed by atoms with van der Waals surface area (Å²) in [5, 5.41) is -0.727. The molecule has 2 aromatic carbocycles. The molecule has 1 fully saturated rings. The van der Waals surface area contributed by atoms with Gasteiger partial charge in [0.05, 0.1) is 32.2 Å². The van der Waals surface area contributed by atoms with Crippen LogP contribution in [0.1, 0.15) is 6.42 Å². The van der Waals surface area contributed by atoms with Crippen molar-refractivity contribution in [2.75, 3.05) is 16.2 Å². The number of halogens is 1. The third kappa shape index (κ3) is 4.45. The van der Waals surface area contributed by atoms with E-state index in [0.29, 0.717) is 5.02 Å². The third-order valence-electron chi connectivity index (χ3n) is 4.15. The molecular formula is C16H16ClNO6S3. The van der Waals surface area contributed by atoms with Crippen molar-refractivity contribution >= 4 is 47.0 Å². The Labute approximate surface area is 163 Å². The molecule has 0 aromatic heterocycles. The van der Waals surface area contributed by atoms with Crippen LogP contribution in [0.5, 0.6) is 0 Å². The van der Waals surface area contributed by atoms with Gasteiger partial charge in [-0.05, 0) is 42.8 Å². The highest BCUT2D eigenvalue weighted by Crippen LogP contribution is 2.27. The van der Waals surface area contributed by atoms with E-state index < -0.39 is 40.7 Å². The second kappa shape index (κ2) is 7.08. The summed E-state index contributed by atoms with van der Waals surface area (Å²) in [5.41, 5.74) is 0.234. The largest absolute Gasteiger partial charge is 0.280 e. The van der Waals surface area contributed by atoms with Gasteiger partial charge < -0.3 is 0 Å². The zero-order valence-electron chi connectivity index (χ0n) is 13.9. The molecule has 11 heteroatoms. The molecule has 0 bridgehead atoms. The minimum atomic E-state index is -4.05. The minimum absolute atomic E-state index is 0.00239. The fraction of sp³-hybridized carbons (Fsp3) is 0.250. The molecule has 0 aliphatic carbocycles. The Kier molecular flexibility index (Phi) is 5.28. The predicted octanol–water partition coefficient (Wildman–Crippen LogP) is 2.10. The Morgan fingerprint density at radius 3 is 2.26 bits per heavy atom. The quantitative estimate of drug-likeness (QED) is 0.747. The fourth-order valence-electron chi connectivity index (χ4n) is 2.78. The molecule has 0 saturated carbocycles. The molecule has 1 atom stereocenters. The van der Waals surface area contributed by atoms with Crippen molar-refractivity contribution in [3.8, 4) is 0 Å². The number of rotatable bonds is 5. The van der Waals surface area contributed by atoms with Gasteiger partial charge in [0.1, 0.15) is 0 Å². The Bertz CT molecular complexity index is 1190. The number of sulfone groups is 2. The normalized spacial score (nSPS) is 19.7. The lowest BCUT2D eigenvalue weighted by molar-refractivity contribution is 0.582. The van der Waals surface area contributed by atoms with Gasteiger partial charge in [-0.2, -0.15) is 0 Å². The van der Waals surface area contributed by atoms with Crippen LogP contribution < -0.4 is 4.72 Å². The van der Waals surface area contributed by atoms with Crippen molar-refractivity contribution in [1.29, 1.82) is 0 Å². The Morgan fingerprint density at radius 1 is 0.963 bits per heavy atom. The molecule has 7 nitrogen and oxygen atoms in total. The second-order valence-electron chi connectivity index (χ2n) is 6.16. The first-order valence-corrected chi connectivity index (χ1v) is 13.1. The third-order valence-corrected chi connectivity index (χ3v) is 9.93. The molecule has 3 rings (SSSR count). The SMILES string of the molecule is O=S1(=O)CCC(S(=O)(=O)c2cccc(S(=O)(=O)Nc3cccc(Cl)c3)c2)C1. The zero-order valence-corrected chi connectivity index (χ0v) is 17.1. The Morgan fingerprint density at radius 2 is 1.63 bits per heavy atom. The van der Waals surface area contributed by atoms with Crippen LogP contribution in [0, 0.1) is 0 Å². The van der Waals surface area contributed by atoms with Gasteiger partial charge in [-0.1, -0.05) is 23.7 Å². The summed E-state index contributed by atoms with van der Waals surface area (Å²) >= 11 is 5.84. The van der Waals surface area contributed by atoms with Crippen LogP contribution in [0.15, 0.2) is 58.3 Å². The van der Waals surface area contributed by atoms with Crippen LogP contribution in [-0.2, 0) is 29.7 Å². The lowest BCUT2D eigenvalue weighted by atomic mass is 10.3. The van der Waals surface area contributed by atoms with Crippen LogP contribution in [0.25, 0.3) is 0 Å². The molecule has 2 aromatic rings. The molecule has 146 valence electrons. The molecule has 1 N–H and O–H groups in total. The van der Waals surface area contributed by atoms with Gasteiger partial charge in [0.25, 0.3) is 10.0 Å². The van der Waals surface area contributed by atoms with Gasteiger partial charge in [-0.15, -0.1) is 0 Å². The first-order chi connectivity index (χ1) is 12.5. The van der Waals surface area contributed by atoms with Gasteiger partial charge in [0.2, 0.25) is 0 Å². The van der Waals surface area contributed by atoms with E-state index in [-0.39, 0.29) is 27.7 Å². The summed E-state index contributed by atoms with van der Waals surface area (Å²) in [7, 11) is -11.4. The van der Waals surface area contributed by atoms with E-state index in [0.717, 1.165) is 6.07 Å². The van der Waals surface area contributed by atoms with E-state index in [4.69, 9.17) is 11.6 Å². The number of sulfonamides is 1. The smallest absolute Gasteiger partial charge is 0.261 e. The highest BCUT2D eigenvalue weighted by molar-refractivity contribution is 7.96. The monoisotopic (exact) mass is 449 g/mol. The maximum Gasteiger partial charge on any atom is 0.261 e. The van der Waals surface area contributed by atoms with E-state index in [2.05, 4.69) is 4.72 Å². The summed E-state index contributed by atoms with van der Waals surface area (Å²) < 4.78 is 76.1. The maximum atomic E-state index is 12.7. The number of hydrogen-bond donors (Lipinski definition) is 1. The van der Waals surface area contributed by atoms with Gasteiger partial charge in [-0.3, -0.25) is 4.72 Å². The predicted molar refractivity (Wildman–Crippen MR) is 103 cm³/mol. The number of hydrogen-bond acceptors (Lipinski definition) is 6. The molecule has 1 aliphatic heterocycles. The topological polar surface area (TPSA) is 114 Å².